The average molecular weight is 344 g/mol. The molecule has 0 aromatic carbocycles. The highest BCUT2D eigenvalue weighted by Crippen LogP contribution is 2.21. The SMILES string of the molecule is CC(C)NC(=O)NCC[C@@H]1CC[C@H](NC(=O)CN(C)C)[C@@H](CO)O1. The molecule has 1 heterocycles. The molecular formula is C16H32N4O4. The van der Waals surface area contributed by atoms with E-state index in [1.807, 2.05) is 27.9 Å². The van der Waals surface area contributed by atoms with Crippen molar-refractivity contribution in [1.82, 2.24) is 20.9 Å². The van der Waals surface area contributed by atoms with Crippen LogP contribution in [-0.2, 0) is 9.53 Å². The van der Waals surface area contributed by atoms with Crippen LogP contribution in [0.25, 0.3) is 0 Å². The van der Waals surface area contributed by atoms with Gasteiger partial charge in [0.1, 0.15) is 6.10 Å². The second-order valence-corrected chi connectivity index (χ2v) is 6.81. The van der Waals surface area contributed by atoms with Gasteiger partial charge in [0, 0.05) is 12.6 Å². The molecular weight excluding hydrogens is 312 g/mol. The van der Waals surface area contributed by atoms with Crippen molar-refractivity contribution in [3.05, 3.63) is 0 Å². The predicted octanol–water partition coefficient (Wildman–Crippen LogP) is -0.330. The van der Waals surface area contributed by atoms with Crippen LogP contribution in [0.15, 0.2) is 0 Å². The molecule has 1 rings (SSSR count). The van der Waals surface area contributed by atoms with Gasteiger partial charge in [0.05, 0.1) is 25.3 Å². The number of aliphatic hydroxyl groups excluding tert-OH is 1. The maximum atomic E-state index is 11.9. The van der Waals surface area contributed by atoms with E-state index in [2.05, 4.69) is 16.0 Å². The Morgan fingerprint density at radius 2 is 2.00 bits per heavy atom. The summed E-state index contributed by atoms with van der Waals surface area (Å²) in [6, 6.07) is -0.259. The number of ether oxygens (including phenoxy) is 1. The lowest BCUT2D eigenvalue weighted by Crippen LogP contribution is -2.52. The Hall–Kier alpha value is -1.38. The number of nitrogens with one attached hydrogen (secondary N) is 3. The van der Waals surface area contributed by atoms with E-state index in [0.717, 1.165) is 12.8 Å². The van der Waals surface area contributed by atoms with Crippen LogP contribution < -0.4 is 16.0 Å². The maximum absolute atomic E-state index is 11.9. The number of rotatable bonds is 8. The third-order valence-corrected chi connectivity index (χ3v) is 3.77. The molecule has 8 heteroatoms. The zero-order valence-electron chi connectivity index (χ0n) is 15.2. The normalized spacial score (nSPS) is 24.0. The van der Waals surface area contributed by atoms with Crippen molar-refractivity contribution in [3.8, 4) is 0 Å². The lowest BCUT2D eigenvalue weighted by Gasteiger charge is -2.36. The Labute approximate surface area is 144 Å². The fourth-order valence-corrected chi connectivity index (χ4v) is 2.71. The molecule has 8 nitrogen and oxygen atoms in total. The first-order chi connectivity index (χ1) is 11.3. The number of hydrogen-bond donors (Lipinski definition) is 4. The van der Waals surface area contributed by atoms with Crippen molar-refractivity contribution >= 4 is 11.9 Å². The molecule has 3 atom stereocenters. The summed E-state index contributed by atoms with van der Waals surface area (Å²) in [5.41, 5.74) is 0. The lowest BCUT2D eigenvalue weighted by molar-refractivity contribution is -0.129. The summed E-state index contributed by atoms with van der Waals surface area (Å²) in [6.07, 6.45) is 1.80. The molecule has 1 fully saturated rings. The standard InChI is InChI=1S/C16H32N4O4/c1-11(2)18-16(23)17-8-7-12-5-6-13(14(10-21)24-12)19-15(22)9-20(3)4/h11-14,21H,5-10H2,1-4H3,(H,19,22)(H2,17,18,23)/t12-,13-,14+/m0/s1. The Kier molecular flexibility index (Phi) is 9.02. The van der Waals surface area contributed by atoms with E-state index in [4.69, 9.17) is 4.74 Å². The van der Waals surface area contributed by atoms with Crippen LogP contribution >= 0.6 is 0 Å². The van der Waals surface area contributed by atoms with Crippen molar-refractivity contribution in [3.63, 3.8) is 0 Å². The molecule has 0 aliphatic carbocycles. The largest absolute Gasteiger partial charge is 0.394 e. The van der Waals surface area contributed by atoms with E-state index in [0.29, 0.717) is 19.5 Å². The molecule has 1 aliphatic rings. The summed E-state index contributed by atoms with van der Waals surface area (Å²) in [7, 11) is 3.66. The van der Waals surface area contributed by atoms with Gasteiger partial charge in [-0.05, 0) is 47.2 Å². The summed E-state index contributed by atoms with van der Waals surface area (Å²) < 4.78 is 5.87. The van der Waals surface area contributed by atoms with Gasteiger partial charge >= 0.3 is 6.03 Å². The zero-order chi connectivity index (χ0) is 18.1. The molecule has 4 N–H and O–H groups in total. The van der Waals surface area contributed by atoms with Crippen LogP contribution in [0.5, 0.6) is 0 Å². The molecule has 1 aliphatic heterocycles. The Morgan fingerprint density at radius 1 is 1.29 bits per heavy atom. The van der Waals surface area contributed by atoms with Crippen molar-refractivity contribution in [1.29, 1.82) is 0 Å². The van der Waals surface area contributed by atoms with Crippen LogP contribution in [0.4, 0.5) is 4.79 Å². The average Bonchev–Trinajstić information content (AvgIpc) is 2.46. The maximum Gasteiger partial charge on any atom is 0.314 e. The van der Waals surface area contributed by atoms with Crippen LogP contribution in [0.2, 0.25) is 0 Å². The second kappa shape index (κ2) is 10.5. The number of aliphatic hydroxyl groups is 1. The van der Waals surface area contributed by atoms with E-state index in [9.17, 15) is 14.7 Å². The smallest absolute Gasteiger partial charge is 0.314 e. The topological polar surface area (TPSA) is 103 Å². The summed E-state index contributed by atoms with van der Waals surface area (Å²) in [5.74, 6) is -0.0717. The van der Waals surface area contributed by atoms with Gasteiger partial charge in [-0.1, -0.05) is 0 Å². The molecule has 0 aromatic heterocycles. The third kappa shape index (κ3) is 7.94. The number of amides is 3. The first-order valence-corrected chi connectivity index (χ1v) is 8.56. The molecule has 0 radical (unpaired) electrons. The fourth-order valence-electron chi connectivity index (χ4n) is 2.71. The first kappa shape index (κ1) is 20.7. The summed E-state index contributed by atoms with van der Waals surface area (Å²) >= 11 is 0. The highest BCUT2D eigenvalue weighted by atomic mass is 16.5. The minimum Gasteiger partial charge on any atom is -0.394 e. The van der Waals surface area contributed by atoms with Gasteiger partial charge in [0.15, 0.2) is 0 Å². The van der Waals surface area contributed by atoms with Gasteiger partial charge in [-0.15, -0.1) is 0 Å². The van der Waals surface area contributed by atoms with Crippen molar-refractivity contribution in [2.24, 2.45) is 0 Å². The molecule has 0 saturated carbocycles. The Bertz CT molecular complexity index is 404. The lowest BCUT2D eigenvalue weighted by atomic mass is 9.97. The number of carbonyl (C=O) groups excluding carboxylic acids is 2. The molecule has 0 aromatic rings. The van der Waals surface area contributed by atoms with E-state index in [1.165, 1.54) is 0 Å². The highest BCUT2D eigenvalue weighted by Gasteiger charge is 2.31. The number of urea groups is 1. The van der Waals surface area contributed by atoms with Gasteiger partial charge in [0.2, 0.25) is 5.91 Å². The van der Waals surface area contributed by atoms with Gasteiger partial charge < -0.3 is 30.7 Å². The summed E-state index contributed by atoms with van der Waals surface area (Å²) in [6.45, 7) is 4.50. The molecule has 24 heavy (non-hydrogen) atoms. The van der Waals surface area contributed by atoms with Crippen molar-refractivity contribution in [2.45, 2.75) is 57.4 Å². The predicted molar refractivity (Wildman–Crippen MR) is 91.8 cm³/mol. The Balaban J connectivity index is 2.33. The number of likely N-dealkylation sites (N-methyl/N-ethyl adjacent to an activating group) is 1. The van der Waals surface area contributed by atoms with E-state index >= 15 is 0 Å². The summed E-state index contributed by atoms with van der Waals surface area (Å²) in [5, 5.41) is 18.0. The monoisotopic (exact) mass is 344 g/mol. The van der Waals surface area contributed by atoms with Crippen LogP contribution in [0.1, 0.15) is 33.1 Å². The number of hydrogen-bond acceptors (Lipinski definition) is 5. The van der Waals surface area contributed by atoms with E-state index in [-0.39, 0.29) is 36.7 Å². The third-order valence-electron chi connectivity index (χ3n) is 3.77. The Morgan fingerprint density at radius 3 is 2.58 bits per heavy atom. The fraction of sp³-hybridized carbons (Fsp3) is 0.875. The van der Waals surface area contributed by atoms with Gasteiger partial charge in [-0.2, -0.15) is 0 Å². The number of carbonyl (C=O) groups is 2. The second-order valence-electron chi connectivity index (χ2n) is 6.81. The van der Waals surface area contributed by atoms with Crippen molar-refractivity contribution in [2.75, 3.05) is 33.8 Å². The van der Waals surface area contributed by atoms with E-state index < -0.39 is 6.10 Å². The number of nitrogens with zero attached hydrogens (tertiary/aromatic N) is 1. The molecule has 140 valence electrons. The molecule has 0 bridgehead atoms. The van der Waals surface area contributed by atoms with E-state index in [1.54, 1.807) is 4.90 Å². The van der Waals surface area contributed by atoms with Crippen molar-refractivity contribution < 1.29 is 19.4 Å². The molecule has 0 spiro atoms. The molecule has 1 saturated heterocycles. The van der Waals surface area contributed by atoms with Crippen LogP contribution in [-0.4, -0.2) is 80.0 Å². The first-order valence-electron chi connectivity index (χ1n) is 8.56. The van der Waals surface area contributed by atoms with Gasteiger partial charge in [-0.3, -0.25) is 4.79 Å². The highest BCUT2D eigenvalue weighted by molar-refractivity contribution is 5.78. The van der Waals surface area contributed by atoms with Gasteiger partial charge in [0.25, 0.3) is 0 Å². The molecule has 0 unspecified atom stereocenters. The quantitative estimate of drug-likeness (QED) is 0.483. The van der Waals surface area contributed by atoms with Gasteiger partial charge in [-0.25, -0.2) is 4.79 Å². The minimum absolute atomic E-state index is 0.0245. The van der Waals surface area contributed by atoms with Crippen LogP contribution in [0.3, 0.4) is 0 Å². The van der Waals surface area contributed by atoms with Crippen LogP contribution in [0, 0.1) is 0 Å². The summed E-state index contributed by atoms with van der Waals surface area (Å²) in [4.78, 5) is 25.2. The molecule has 3 amide bonds. The zero-order valence-corrected chi connectivity index (χ0v) is 15.2. The minimum atomic E-state index is -0.403.